The standard InChI is InChI=1S/C18H14/c1-5-9-15-13-16(10-6-2)18(12-8-4)17(14-15)11-7-3/h13-14H,1-4H3. The fourth-order valence-corrected chi connectivity index (χ4v) is 1.58. The van der Waals surface area contributed by atoms with Crippen LogP contribution in [0.2, 0.25) is 0 Å². The summed E-state index contributed by atoms with van der Waals surface area (Å²) in [5.41, 5.74) is 3.60. The number of hydrogen-bond donors (Lipinski definition) is 0. The van der Waals surface area contributed by atoms with E-state index in [0.717, 1.165) is 22.3 Å². The third-order valence-electron chi connectivity index (χ3n) is 2.18. The SMILES string of the molecule is CC#Cc1cc(C#CC)c(C#CC)c(C#CC)c1. The summed E-state index contributed by atoms with van der Waals surface area (Å²) in [6.07, 6.45) is 0. The van der Waals surface area contributed by atoms with Crippen LogP contribution < -0.4 is 0 Å². The number of rotatable bonds is 0. The molecule has 0 aliphatic heterocycles. The summed E-state index contributed by atoms with van der Waals surface area (Å²) in [7, 11) is 0. The molecule has 86 valence electrons. The molecule has 0 aliphatic rings. The molecule has 0 aliphatic carbocycles. The molecule has 0 amide bonds. The Labute approximate surface area is 110 Å². The Hall–Kier alpha value is -2.54. The minimum Gasteiger partial charge on any atom is -0.101 e. The molecule has 0 aromatic heterocycles. The maximum absolute atomic E-state index is 3.08. The Morgan fingerprint density at radius 1 is 0.611 bits per heavy atom. The summed E-state index contributed by atoms with van der Waals surface area (Å²) in [4.78, 5) is 0. The van der Waals surface area contributed by atoms with Crippen LogP contribution in [0.3, 0.4) is 0 Å². The summed E-state index contributed by atoms with van der Waals surface area (Å²) in [6, 6.07) is 3.93. The van der Waals surface area contributed by atoms with Gasteiger partial charge in [-0.05, 0) is 39.8 Å². The molecule has 0 saturated carbocycles. The molecule has 0 saturated heterocycles. The molecule has 0 nitrogen and oxygen atoms in total. The van der Waals surface area contributed by atoms with E-state index in [1.165, 1.54) is 0 Å². The van der Waals surface area contributed by atoms with Crippen LogP contribution in [0.25, 0.3) is 0 Å². The van der Waals surface area contributed by atoms with Crippen molar-refractivity contribution in [1.29, 1.82) is 0 Å². The van der Waals surface area contributed by atoms with Crippen molar-refractivity contribution < 1.29 is 0 Å². The summed E-state index contributed by atoms with van der Waals surface area (Å²) in [5.74, 6) is 23.9. The van der Waals surface area contributed by atoms with Crippen molar-refractivity contribution in [3.8, 4) is 47.4 Å². The molecule has 18 heavy (non-hydrogen) atoms. The van der Waals surface area contributed by atoms with Crippen LogP contribution >= 0.6 is 0 Å². The van der Waals surface area contributed by atoms with Gasteiger partial charge in [0.15, 0.2) is 0 Å². The van der Waals surface area contributed by atoms with Crippen LogP contribution in [0, 0.1) is 47.4 Å². The zero-order chi connectivity index (χ0) is 13.4. The molecule has 0 heterocycles. The van der Waals surface area contributed by atoms with Gasteiger partial charge in [-0.15, -0.1) is 23.7 Å². The first kappa shape index (κ1) is 13.5. The van der Waals surface area contributed by atoms with Crippen LogP contribution in [0.5, 0.6) is 0 Å². The zero-order valence-corrected chi connectivity index (χ0v) is 11.2. The lowest BCUT2D eigenvalue weighted by molar-refractivity contribution is 1.50. The van der Waals surface area contributed by atoms with Crippen molar-refractivity contribution in [2.75, 3.05) is 0 Å². The number of hydrogen-bond acceptors (Lipinski definition) is 0. The van der Waals surface area contributed by atoms with Gasteiger partial charge < -0.3 is 0 Å². The van der Waals surface area contributed by atoms with Gasteiger partial charge in [-0.3, -0.25) is 0 Å². The summed E-state index contributed by atoms with van der Waals surface area (Å²) in [6.45, 7) is 7.25. The molecular weight excluding hydrogens is 216 g/mol. The van der Waals surface area contributed by atoms with Gasteiger partial charge in [0.1, 0.15) is 0 Å². The Kier molecular flexibility index (Phi) is 5.20. The highest BCUT2D eigenvalue weighted by Crippen LogP contribution is 2.16. The monoisotopic (exact) mass is 230 g/mol. The molecule has 0 radical (unpaired) electrons. The van der Waals surface area contributed by atoms with E-state index in [2.05, 4.69) is 47.4 Å². The van der Waals surface area contributed by atoms with Gasteiger partial charge in [-0.1, -0.05) is 23.7 Å². The minimum atomic E-state index is 0.892. The number of benzene rings is 1. The van der Waals surface area contributed by atoms with Crippen molar-refractivity contribution >= 4 is 0 Å². The quantitative estimate of drug-likeness (QED) is 0.600. The fourth-order valence-electron chi connectivity index (χ4n) is 1.58. The Morgan fingerprint density at radius 3 is 1.44 bits per heavy atom. The van der Waals surface area contributed by atoms with E-state index in [1.54, 1.807) is 0 Å². The first-order valence-electron chi connectivity index (χ1n) is 5.65. The lowest BCUT2D eigenvalue weighted by atomic mass is 9.98. The van der Waals surface area contributed by atoms with Gasteiger partial charge in [-0.2, -0.15) is 0 Å². The van der Waals surface area contributed by atoms with Crippen LogP contribution in [0.15, 0.2) is 12.1 Å². The molecule has 0 unspecified atom stereocenters. The summed E-state index contributed by atoms with van der Waals surface area (Å²) >= 11 is 0. The van der Waals surface area contributed by atoms with E-state index >= 15 is 0 Å². The summed E-state index contributed by atoms with van der Waals surface area (Å²) < 4.78 is 0. The first-order valence-corrected chi connectivity index (χ1v) is 5.65. The second-order valence-electron chi connectivity index (χ2n) is 3.45. The predicted octanol–water partition coefficient (Wildman–Crippen LogP) is 3.17. The molecule has 1 aromatic carbocycles. The van der Waals surface area contributed by atoms with Crippen molar-refractivity contribution in [2.45, 2.75) is 27.7 Å². The fraction of sp³-hybridized carbons (Fsp3) is 0.222. The largest absolute Gasteiger partial charge is 0.101 e. The topological polar surface area (TPSA) is 0 Å². The van der Waals surface area contributed by atoms with Crippen LogP contribution in [0.1, 0.15) is 49.9 Å². The molecule has 0 bridgehead atoms. The minimum absolute atomic E-state index is 0.892. The Balaban J connectivity index is 3.68. The molecule has 0 fully saturated rings. The summed E-state index contributed by atoms with van der Waals surface area (Å²) in [5, 5.41) is 0. The molecule has 1 aromatic rings. The van der Waals surface area contributed by atoms with Crippen molar-refractivity contribution in [3.63, 3.8) is 0 Å². The van der Waals surface area contributed by atoms with Crippen molar-refractivity contribution in [2.24, 2.45) is 0 Å². The van der Waals surface area contributed by atoms with Gasteiger partial charge >= 0.3 is 0 Å². The second kappa shape index (κ2) is 6.92. The molecule has 0 atom stereocenters. The van der Waals surface area contributed by atoms with E-state index in [-0.39, 0.29) is 0 Å². The van der Waals surface area contributed by atoms with Gasteiger partial charge in [0.2, 0.25) is 0 Å². The second-order valence-corrected chi connectivity index (χ2v) is 3.45. The van der Waals surface area contributed by atoms with E-state index in [4.69, 9.17) is 0 Å². The van der Waals surface area contributed by atoms with E-state index in [9.17, 15) is 0 Å². The van der Waals surface area contributed by atoms with E-state index in [1.807, 2.05) is 39.8 Å². The van der Waals surface area contributed by atoms with Crippen LogP contribution in [0.4, 0.5) is 0 Å². The average Bonchev–Trinajstić information content (AvgIpc) is 2.34. The predicted molar refractivity (Wildman–Crippen MR) is 76.7 cm³/mol. The van der Waals surface area contributed by atoms with Gasteiger partial charge in [-0.25, -0.2) is 0 Å². The third-order valence-corrected chi connectivity index (χ3v) is 2.18. The third kappa shape index (κ3) is 3.22. The maximum atomic E-state index is 3.08. The highest BCUT2D eigenvalue weighted by molar-refractivity contribution is 5.62. The van der Waals surface area contributed by atoms with Crippen molar-refractivity contribution in [1.82, 2.24) is 0 Å². The van der Waals surface area contributed by atoms with Crippen LogP contribution in [-0.4, -0.2) is 0 Å². The average molecular weight is 230 g/mol. The Bertz CT molecular complexity index is 646. The highest BCUT2D eigenvalue weighted by Gasteiger charge is 2.05. The van der Waals surface area contributed by atoms with E-state index in [0.29, 0.717) is 0 Å². The maximum Gasteiger partial charge on any atom is 0.0559 e. The van der Waals surface area contributed by atoms with E-state index < -0.39 is 0 Å². The molecule has 0 spiro atoms. The molecular formula is C18H14. The zero-order valence-electron chi connectivity index (χ0n) is 11.2. The lowest BCUT2D eigenvalue weighted by Gasteiger charge is -2.03. The van der Waals surface area contributed by atoms with Gasteiger partial charge in [0.05, 0.1) is 5.56 Å². The van der Waals surface area contributed by atoms with Gasteiger partial charge in [0.25, 0.3) is 0 Å². The molecule has 1 rings (SSSR count). The van der Waals surface area contributed by atoms with Gasteiger partial charge in [0, 0.05) is 16.7 Å². The lowest BCUT2D eigenvalue weighted by Crippen LogP contribution is -1.92. The molecule has 0 heteroatoms. The van der Waals surface area contributed by atoms with Crippen LogP contribution in [-0.2, 0) is 0 Å². The normalized spacial score (nSPS) is 7.33. The van der Waals surface area contributed by atoms with Crippen molar-refractivity contribution in [3.05, 3.63) is 34.4 Å². The Morgan fingerprint density at radius 2 is 1.06 bits per heavy atom. The highest BCUT2D eigenvalue weighted by atomic mass is 14.1. The first-order chi connectivity index (χ1) is 8.76. The molecule has 0 N–H and O–H groups in total. The smallest absolute Gasteiger partial charge is 0.0559 e.